The van der Waals surface area contributed by atoms with Crippen molar-refractivity contribution >= 4 is 17.7 Å². The van der Waals surface area contributed by atoms with E-state index < -0.39 is 0 Å². The van der Waals surface area contributed by atoms with E-state index in [1.165, 1.54) is 12.8 Å². The molecule has 0 radical (unpaired) electrons. The zero-order valence-corrected chi connectivity index (χ0v) is 11.6. The summed E-state index contributed by atoms with van der Waals surface area (Å²) in [5.74, 6) is 1.42. The fraction of sp³-hybridized carbons (Fsp3) is 0.917. The van der Waals surface area contributed by atoms with Crippen molar-refractivity contribution in [3.8, 4) is 0 Å². The summed E-state index contributed by atoms with van der Waals surface area (Å²) in [5, 5.41) is 0. The lowest BCUT2D eigenvalue weighted by molar-refractivity contribution is -0.129. The average Bonchev–Trinajstić information content (AvgIpc) is 2.98. The Balaban J connectivity index is 2.40. The number of carbonyl (C=O) groups is 1. The summed E-state index contributed by atoms with van der Waals surface area (Å²) in [5.41, 5.74) is 5.73. The highest BCUT2D eigenvalue weighted by Crippen LogP contribution is 2.35. The van der Waals surface area contributed by atoms with Crippen molar-refractivity contribution in [3.05, 3.63) is 0 Å². The molecule has 1 aliphatic rings. The molecule has 0 heterocycles. The highest BCUT2D eigenvalue weighted by Gasteiger charge is 2.34. The molecule has 0 saturated heterocycles. The van der Waals surface area contributed by atoms with E-state index in [2.05, 4.69) is 20.8 Å². The van der Waals surface area contributed by atoms with E-state index in [0.717, 1.165) is 0 Å². The molecule has 2 N–H and O–H groups in total. The molecule has 1 aliphatic carbocycles. The Morgan fingerprint density at radius 3 is 2.44 bits per heavy atom. The molecule has 1 rings (SSSR count). The molecule has 0 aromatic carbocycles. The van der Waals surface area contributed by atoms with Crippen molar-refractivity contribution in [2.45, 2.75) is 44.4 Å². The van der Waals surface area contributed by atoms with Crippen LogP contribution in [0.1, 0.15) is 33.6 Å². The summed E-state index contributed by atoms with van der Waals surface area (Å²) < 4.78 is 0.147. The van der Waals surface area contributed by atoms with Crippen molar-refractivity contribution in [2.75, 3.05) is 19.3 Å². The molecule has 16 heavy (non-hydrogen) atoms. The van der Waals surface area contributed by atoms with E-state index in [1.54, 1.807) is 11.8 Å². The van der Waals surface area contributed by atoms with Crippen molar-refractivity contribution < 1.29 is 4.79 Å². The largest absolute Gasteiger partial charge is 0.341 e. The Labute approximate surface area is 103 Å². The SMILES string of the molecule is CN(C(=O)CSC(C)(C)C)C(CN)C1CC1. The minimum Gasteiger partial charge on any atom is -0.341 e. The fourth-order valence-electron chi connectivity index (χ4n) is 1.71. The van der Waals surface area contributed by atoms with Crippen LogP contribution in [0.2, 0.25) is 0 Å². The van der Waals surface area contributed by atoms with Crippen LogP contribution in [0.3, 0.4) is 0 Å². The first kappa shape index (κ1) is 13.8. The van der Waals surface area contributed by atoms with E-state index in [0.29, 0.717) is 18.2 Å². The number of thioether (sulfide) groups is 1. The van der Waals surface area contributed by atoms with Gasteiger partial charge < -0.3 is 10.6 Å². The Morgan fingerprint density at radius 1 is 1.50 bits per heavy atom. The second-order valence-electron chi connectivity index (χ2n) is 5.55. The zero-order chi connectivity index (χ0) is 12.3. The number of carbonyl (C=O) groups excluding carboxylic acids is 1. The molecule has 0 aromatic heterocycles. The number of rotatable bonds is 5. The molecular weight excluding hydrogens is 220 g/mol. The molecule has 94 valence electrons. The van der Waals surface area contributed by atoms with Gasteiger partial charge in [0, 0.05) is 24.4 Å². The highest BCUT2D eigenvalue weighted by molar-refractivity contribution is 8.01. The van der Waals surface area contributed by atoms with E-state index in [4.69, 9.17) is 5.73 Å². The lowest BCUT2D eigenvalue weighted by Gasteiger charge is -2.28. The number of likely N-dealkylation sites (N-methyl/N-ethyl adjacent to an activating group) is 1. The molecule has 4 heteroatoms. The van der Waals surface area contributed by atoms with Gasteiger partial charge in [0.15, 0.2) is 0 Å². The maximum atomic E-state index is 12.0. The summed E-state index contributed by atoms with van der Waals surface area (Å²) >= 11 is 1.70. The number of amides is 1. The molecule has 1 atom stereocenters. The molecule has 0 aromatic rings. The summed E-state index contributed by atoms with van der Waals surface area (Å²) in [7, 11) is 1.89. The van der Waals surface area contributed by atoms with Crippen molar-refractivity contribution in [1.82, 2.24) is 4.90 Å². The Kier molecular flexibility index (Phi) is 4.68. The van der Waals surface area contributed by atoms with Crippen LogP contribution < -0.4 is 5.73 Å². The minimum atomic E-state index is 0.147. The van der Waals surface area contributed by atoms with Gasteiger partial charge in [-0.05, 0) is 18.8 Å². The molecule has 0 bridgehead atoms. The molecule has 1 unspecified atom stereocenters. The highest BCUT2D eigenvalue weighted by atomic mass is 32.2. The van der Waals surface area contributed by atoms with Gasteiger partial charge in [-0.3, -0.25) is 4.79 Å². The first-order valence-electron chi connectivity index (χ1n) is 5.95. The number of hydrogen-bond acceptors (Lipinski definition) is 3. The second-order valence-corrected chi connectivity index (χ2v) is 7.35. The quantitative estimate of drug-likeness (QED) is 0.801. The van der Waals surface area contributed by atoms with E-state index in [-0.39, 0.29) is 16.7 Å². The Morgan fingerprint density at radius 2 is 2.06 bits per heavy atom. The van der Waals surface area contributed by atoms with Crippen LogP contribution in [-0.2, 0) is 4.79 Å². The molecule has 0 spiro atoms. The summed E-state index contributed by atoms with van der Waals surface area (Å²) in [6, 6.07) is 0.257. The van der Waals surface area contributed by atoms with Crippen LogP contribution in [0, 0.1) is 5.92 Å². The summed E-state index contributed by atoms with van der Waals surface area (Å²) in [6.45, 7) is 6.98. The van der Waals surface area contributed by atoms with Gasteiger partial charge >= 0.3 is 0 Å². The summed E-state index contributed by atoms with van der Waals surface area (Å²) in [4.78, 5) is 13.8. The third-order valence-electron chi connectivity index (χ3n) is 2.93. The lowest BCUT2D eigenvalue weighted by atomic mass is 10.1. The molecule has 3 nitrogen and oxygen atoms in total. The standard InChI is InChI=1S/C12H24N2OS/c1-12(2,3)16-8-11(15)14(4)10(7-13)9-5-6-9/h9-10H,5-8,13H2,1-4H3. The van der Waals surface area contributed by atoms with Crippen molar-refractivity contribution in [1.29, 1.82) is 0 Å². The predicted octanol–water partition coefficient (Wildman–Crippen LogP) is 1.71. The van der Waals surface area contributed by atoms with Gasteiger partial charge in [0.05, 0.1) is 5.75 Å². The minimum absolute atomic E-state index is 0.147. The maximum Gasteiger partial charge on any atom is 0.232 e. The van der Waals surface area contributed by atoms with Crippen molar-refractivity contribution in [3.63, 3.8) is 0 Å². The summed E-state index contributed by atoms with van der Waals surface area (Å²) in [6.07, 6.45) is 2.46. The van der Waals surface area contributed by atoms with Gasteiger partial charge in [-0.25, -0.2) is 0 Å². The molecule has 1 amide bonds. The van der Waals surface area contributed by atoms with Gasteiger partial charge in [0.25, 0.3) is 0 Å². The first-order valence-corrected chi connectivity index (χ1v) is 6.93. The normalized spacial score (nSPS) is 18.3. The molecule has 1 fully saturated rings. The van der Waals surface area contributed by atoms with Gasteiger partial charge in [0.1, 0.15) is 0 Å². The Hall–Kier alpha value is -0.220. The topological polar surface area (TPSA) is 46.3 Å². The number of nitrogens with two attached hydrogens (primary N) is 1. The van der Waals surface area contributed by atoms with Gasteiger partial charge in [-0.15, -0.1) is 11.8 Å². The zero-order valence-electron chi connectivity index (χ0n) is 10.8. The van der Waals surface area contributed by atoms with Crippen LogP contribution in [0.15, 0.2) is 0 Å². The molecular formula is C12H24N2OS. The van der Waals surface area contributed by atoms with Gasteiger partial charge in [-0.1, -0.05) is 20.8 Å². The fourth-order valence-corrected chi connectivity index (χ4v) is 2.47. The average molecular weight is 244 g/mol. The predicted molar refractivity (Wildman–Crippen MR) is 70.5 cm³/mol. The monoisotopic (exact) mass is 244 g/mol. The molecule has 0 aliphatic heterocycles. The van der Waals surface area contributed by atoms with Crippen LogP contribution in [0.25, 0.3) is 0 Å². The number of nitrogens with zero attached hydrogens (tertiary/aromatic N) is 1. The van der Waals surface area contributed by atoms with Crippen molar-refractivity contribution in [2.24, 2.45) is 11.7 Å². The van der Waals surface area contributed by atoms with E-state index in [1.807, 2.05) is 11.9 Å². The smallest absolute Gasteiger partial charge is 0.232 e. The number of hydrogen-bond donors (Lipinski definition) is 1. The molecule has 1 saturated carbocycles. The van der Waals surface area contributed by atoms with Crippen LogP contribution in [0.5, 0.6) is 0 Å². The third-order valence-corrected chi connectivity index (χ3v) is 4.18. The maximum absolute atomic E-state index is 12.0. The third kappa shape index (κ3) is 4.34. The second kappa shape index (κ2) is 5.41. The van der Waals surface area contributed by atoms with E-state index in [9.17, 15) is 4.79 Å². The van der Waals surface area contributed by atoms with E-state index >= 15 is 0 Å². The van der Waals surface area contributed by atoms with Gasteiger partial charge in [-0.2, -0.15) is 0 Å². The van der Waals surface area contributed by atoms with Crippen LogP contribution >= 0.6 is 11.8 Å². The van der Waals surface area contributed by atoms with Crippen LogP contribution in [0.4, 0.5) is 0 Å². The van der Waals surface area contributed by atoms with Crippen LogP contribution in [-0.4, -0.2) is 40.9 Å². The Bertz CT molecular complexity index is 246. The van der Waals surface area contributed by atoms with Gasteiger partial charge in [0.2, 0.25) is 5.91 Å². The lowest BCUT2D eigenvalue weighted by Crippen LogP contribution is -2.44. The first-order chi connectivity index (χ1) is 7.35.